The average molecular weight is 490 g/mol. The summed E-state index contributed by atoms with van der Waals surface area (Å²) in [6, 6.07) is 2.15. The van der Waals surface area contributed by atoms with E-state index < -0.39 is 52.8 Å². The van der Waals surface area contributed by atoms with Crippen molar-refractivity contribution >= 4 is 17.3 Å². The Labute approximate surface area is 190 Å². The molecule has 184 valence electrons. The average Bonchev–Trinajstić information content (AvgIpc) is 2.76. The minimum atomic E-state index is -3.23. The number of ether oxygens (including phenoxy) is 2. The Morgan fingerprint density at radius 2 is 1.68 bits per heavy atom. The normalized spacial score (nSPS) is 17.4. The van der Waals surface area contributed by atoms with Gasteiger partial charge in [0.25, 0.3) is 0 Å². The van der Waals surface area contributed by atoms with Gasteiger partial charge in [0.1, 0.15) is 29.4 Å². The minimum absolute atomic E-state index is 0.00863. The largest absolute Gasteiger partial charge is 0.490 e. The Morgan fingerprint density at radius 3 is 2.29 bits per heavy atom. The van der Waals surface area contributed by atoms with Crippen molar-refractivity contribution in [3.8, 4) is 11.5 Å². The molecule has 2 aromatic carbocycles. The first-order valence-electron chi connectivity index (χ1n) is 10.4. The van der Waals surface area contributed by atoms with Gasteiger partial charge in [-0.2, -0.15) is 8.78 Å². The monoisotopic (exact) mass is 490 g/mol. The van der Waals surface area contributed by atoms with Crippen molar-refractivity contribution in [2.45, 2.75) is 37.9 Å². The molecule has 2 heterocycles. The van der Waals surface area contributed by atoms with Gasteiger partial charge in [0.15, 0.2) is 23.3 Å². The number of hydrogen-bond acceptors (Lipinski definition) is 5. The number of halogens is 6. The van der Waals surface area contributed by atoms with Crippen LogP contribution in [0.15, 0.2) is 18.2 Å². The van der Waals surface area contributed by atoms with E-state index in [0.29, 0.717) is 12.1 Å². The molecule has 6 nitrogen and oxygen atoms in total. The highest BCUT2D eigenvalue weighted by Gasteiger charge is 2.36. The molecule has 12 heteroatoms. The van der Waals surface area contributed by atoms with Crippen LogP contribution in [0.4, 0.5) is 37.7 Å². The van der Waals surface area contributed by atoms with Crippen molar-refractivity contribution in [1.82, 2.24) is 0 Å². The number of aliphatic hydroxyl groups is 1. The van der Waals surface area contributed by atoms with Gasteiger partial charge in [-0.1, -0.05) is 0 Å². The predicted octanol–water partition coefficient (Wildman–Crippen LogP) is 4.14. The number of nitrogens with zero attached hydrogens (tertiary/aromatic N) is 1. The van der Waals surface area contributed by atoms with Crippen LogP contribution in [0.2, 0.25) is 0 Å². The van der Waals surface area contributed by atoms with E-state index in [0.717, 1.165) is 6.07 Å². The molecule has 2 aromatic rings. The third-order valence-electron chi connectivity index (χ3n) is 5.87. The maximum Gasteiger partial charge on any atom is 0.387 e. The molecule has 0 aliphatic carbocycles. The smallest absolute Gasteiger partial charge is 0.387 e. The van der Waals surface area contributed by atoms with Crippen LogP contribution in [-0.4, -0.2) is 42.9 Å². The number of carbonyl (C=O) groups is 1. The molecule has 0 bridgehead atoms. The summed E-state index contributed by atoms with van der Waals surface area (Å²) in [5.41, 5.74) is -1.89. The Morgan fingerprint density at radius 1 is 1.03 bits per heavy atom. The summed E-state index contributed by atoms with van der Waals surface area (Å²) < 4.78 is 91.0. The lowest BCUT2D eigenvalue weighted by molar-refractivity contribution is -0.116. The van der Waals surface area contributed by atoms with Crippen molar-refractivity contribution in [1.29, 1.82) is 0 Å². The summed E-state index contributed by atoms with van der Waals surface area (Å²) in [5, 5.41) is 13.2. The molecule has 0 spiro atoms. The van der Waals surface area contributed by atoms with Crippen LogP contribution in [0, 0.1) is 23.3 Å². The van der Waals surface area contributed by atoms with E-state index in [1.165, 1.54) is 4.90 Å². The molecule has 1 saturated heterocycles. The zero-order chi connectivity index (χ0) is 24.6. The van der Waals surface area contributed by atoms with Gasteiger partial charge in [-0.15, -0.1) is 0 Å². The van der Waals surface area contributed by atoms with Crippen molar-refractivity contribution in [3.63, 3.8) is 0 Å². The number of nitrogens with one attached hydrogen (secondary N) is 1. The summed E-state index contributed by atoms with van der Waals surface area (Å²) in [5.74, 6) is -5.72. The second kappa shape index (κ2) is 9.24. The molecule has 0 radical (unpaired) electrons. The topological polar surface area (TPSA) is 71.0 Å². The Balaban J connectivity index is 1.44. The van der Waals surface area contributed by atoms with Crippen molar-refractivity contribution in [3.05, 3.63) is 47.0 Å². The number of carbonyl (C=O) groups excluding carboxylic acids is 1. The van der Waals surface area contributed by atoms with Crippen LogP contribution in [0.5, 0.6) is 11.5 Å². The van der Waals surface area contributed by atoms with E-state index in [4.69, 9.17) is 4.74 Å². The molecule has 1 fully saturated rings. The molecular weight excluding hydrogens is 470 g/mol. The summed E-state index contributed by atoms with van der Waals surface area (Å²) in [7, 11) is 0. The third-order valence-corrected chi connectivity index (χ3v) is 5.87. The molecule has 1 amide bonds. The molecule has 2 aliphatic heterocycles. The molecule has 0 unspecified atom stereocenters. The molecule has 0 aromatic heterocycles. The first kappa shape index (κ1) is 24.0. The van der Waals surface area contributed by atoms with Crippen LogP contribution < -0.4 is 19.7 Å². The van der Waals surface area contributed by atoms with E-state index in [1.54, 1.807) is 0 Å². The standard InChI is InChI=1S/C22H20F6N2O4/c23-13-9-16(12-1-2-17(31)29-19(12)18(13)26)33-10-22(32)3-5-30(6-4-22)20-14(24)7-11(8-15(20)25)34-21(27)28/h7-9,21,32H,1-6,10H2,(H,29,31). The fourth-order valence-corrected chi connectivity index (χ4v) is 4.11. The SMILES string of the molecule is O=C1CCc2c(OCC3(O)CCN(c4c(F)cc(OC(F)F)cc4F)CC3)cc(F)c(F)c2N1. The summed E-state index contributed by atoms with van der Waals surface area (Å²) in [4.78, 5) is 12.9. The molecule has 34 heavy (non-hydrogen) atoms. The van der Waals surface area contributed by atoms with E-state index in [-0.39, 0.29) is 62.4 Å². The first-order valence-corrected chi connectivity index (χ1v) is 10.4. The highest BCUT2D eigenvalue weighted by atomic mass is 19.3. The van der Waals surface area contributed by atoms with E-state index >= 15 is 0 Å². The Bertz CT molecular complexity index is 1080. The lowest BCUT2D eigenvalue weighted by Crippen LogP contribution is -2.48. The number of anilines is 2. The van der Waals surface area contributed by atoms with Gasteiger partial charge in [-0.25, -0.2) is 17.6 Å². The second-order valence-electron chi connectivity index (χ2n) is 8.19. The van der Waals surface area contributed by atoms with Crippen LogP contribution >= 0.6 is 0 Å². The molecule has 0 saturated carbocycles. The van der Waals surface area contributed by atoms with E-state index in [2.05, 4.69) is 10.1 Å². The second-order valence-corrected chi connectivity index (χ2v) is 8.19. The first-order chi connectivity index (χ1) is 16.1. The maximum absolute atomic E-state index is 14.4. The molecule has 0 atom stereocenters. The number of amides is 1. The van der Waals surface area contributed by atoms with Crippen LogP contribution in [0.25, 0.3) is 0 Å². The van der Waals surface area contributed by atoms with Crippen LogP contribution in [0.1, 0.15) is 24.8 Å². The predicted molar refractivity (Wildman–Crippen MR) is 108 cm³/mol. The molecular formula is C22H20F6N2O4. The van der Waals surface area contributed by atoms with Gasteiger partial charge in [-0.3, -0.25) is 4.79 Å². The van der Waals surface area contributed by atoms with Crippen molar-refractivity contribution in [2.75, 3.05) is 29.9 Å². The van der Waals surface area contributed by atoms with Crippen LogP contribution in [0.3, 0.4) is 0 Å². The van der Waals surface area contributed by atoms with Gasteiger partial charge >= 0.3 is 6.61 Å². The lowest BCUT2D eigenvalue weighted by atomic mass is 9.91. The molecule has 2 aliphatic rings. The number of fused-ring (bicyclic) bond motifs is 1. The van der Waals surface area contributed by atoms with Gasteiger partial charge in [0, 0.05) is 43.3 Å². The molecule has 2 N–H and O–H groups in total. The number of benzene rings is 2. The maximum atomic E-state index is 14.4. The fraction of sp³-hybridized carbons (Fsp3) is 0.409. The number of hydrogen-bond donors (Lipinski definition) is 2. The number of rotatable bonds is 6. The highest BCUT2D eigenvalue weighted by molar-refractivity contribution is 5.94. The Kier molecular flexibility index (Phi) is 6.52. The quantitative estimate of drug-likeness (QED) is 0.596. The highest BCUT2D eigenvalue weighted by Crippen LogP contribution is 2.37. The van der Waals surface area contributed by atoms with Gasteiger partial charge in [-0.05, 0) is 19.3 Å². The third kappa shape index (κ3) is 4.86. The number of alkyl halides is 2. The summed E-state index contributed by atoms with van der Waals surface area (Å²) in [6.07, 6.45) is 0.225. The van der Waals surface area contributed by atoms with E-state index in [9.17, 15) is 36.2 Å². The Hall–Kier alpha value is -3.15. The minimum Gasteiger partial charge on any atom is -0.490 e. The molecule has 4 rings (SSSR count). The number of piperidine rings is 1. The lowest BCUT2D eigenvalue weighted by Gasteiger charge is -2.39. The zero-order valence-electron chi connectivity index (χ0n) is 17.6. The van der Waals surface area contributed by atoms with Gasteiger partial charge in [0.05, 0.1) is 5.69 Å². The summed E-state index contributed by atoms with van der Waals surface area (Å²) >= 11 is 0. The zero-order valence-corrected chi connectivity index (χ0v) is 17.6. The van der Waals surface area contributed by atoms with Crippen molar-refractivity contribution in [2.24, 2.45) is 0 Å². The van der Waals surface area contributed by atoms with Crippen LogP contribution in [-0.2, 0) is 11.2 Å². The fourth-order valence-electron chi connectivity index (χ4n) is 4.11. The van der Waals surface area contributed by atoms with E-state index in [1.807, 2.05) is 0 Å². The summed E-state index contributed by atoms with van der Waals surface area (Å²) in [6.45, 7) is -3.52. The van der Waals surface area contributed by atoms with Crippen molar-refractivity contribution < 1.29 is 45.7 Å². The van der Waals surface area contributed by atoms with Gasteiger partial charge in [0.2, 0.25) is 5.91 Å². The van der Waals surface area contributed by atoms with Gasteiger partial charge < -0.3 is 24.8 Å².